The van der Waals surface area contributed by atoms with Gasteiger partial charge in [-0.3, -0.25) is 4.90 Å². The first-order chi connectivity index (χ1) is 18.6. The molecule has 0 unspecified atom stereocenters. The third-order valence-corrected chi connectivity index (χ3v) is 8.08. The molecule has 0 radical (unpaired) electrons. The van der Waals surface area contributed by atoms with Gasteiger partial charge in [0.1, 0.15) is 35.2 Å². The number of fused-ring (bicyclic) bond motifs is 1. The predicted octanol–water partition coefficient (Wildman–Crippen LogP) is 5.13. The van der Waals surface area contributed by atoms with Crippen LogP contribution in [0, 0.1) is 5.82 Å². The van der Waals surface area contributed by atoms with Gasteiger partial charge in [0, 0.05) is 43.9 Å². The fourth-order valence-corrected chi connectivity index (χ4v) is 5.93. The SMILES string of the molecule is CCN1CCN([C@H]2CC[C@H](n3nc(-c4ccc(Oc5ccccc5)cc4F)c4c(N)ncnc43)CC2)CC1. The van der Waals surface area contributed by atoms with Crippen LogP contribution in [0.4, 0.5) is 10.2 Å². The minimum Gasteiger partial charge on any atom is -0.457 e. The highest BCUT2D eigenvalue weighted by molar-refractivity contribution is 5.98. The molecule has 4 aromatic rings. The van der Waals surface area contributed by atoms with Gasteiger partial charge in [-0.25, -0.2) is 19.0 Å². The third kappa shape index (κ3) is 4.83. The van der Waals surface area contributed by atoms with E-state index in [4.69, 9.17) is 15.6 Å². The van der Waals surface area contributed by atoms with Gasteiger partial charge in [-0.15, -0.1) is 0 Å². The molecular weight excluding hydrogens is 481 g/mol. The summed E-state index contributed by atoms with van der Waals surface area (Å²) in [5, 5.41) is 5.51. The van der Waals surface area contributed by atoms with Crippen LogP contribution >= 0.6 is 0 Å². The summed E-state index contributed by atoms with van der Waals surface area (Å²) in [6.07, 6.45) is 5.71. The Bertz CT molecular complexity index is 1390. The summed E-state index contributed by atoms with van der Waals surface area (Å²) in [4.78, 5) is 13.9. The van der Waals surface area contributed by atoms with Crippen molar-refractivity contribution in [3.8, 4) is 22.8 Å². The molecule has 2 aromatic heterocycles. The van der Waals surface area contributed by atoms with Gasteiger partial charge in [0.25, 0.3) is 0 Å². The van der Waals surface area contributed by atoms with Crippen molar-refractivity contribution in [3.05, 3.63) is 60.7 Å². The molecule has 1 saturated heterocycles. The van der Waals surface area contributed by atoms with Crippen molar-refractivity contribution >= 4 is 16.9 Å². The number of aromatic nitrogens is 4. The van der Waals surface area contributed by atoms with Gasteiger partial charge in [0.2, 0.25) is 0 Å². The monoisotopic (exact) mass is 515 g/mol. The number of nitrogen functional groups attached to an aromatic ring is 1. The average Bonchev–Trinajstić information content (AvgIpc) is 3.34. The minimum atomic E-state index is -0.428. The molecule has 2 aromatic carbocycles. The molecule has 1 saturated carbocycles. The highest BCUT2D eigenvalue weighted by atomic mass is 19.1. The molecule has 2 fully saturated rings. The van der Waals surface area contributed by atoms with Crippen LogP contribution in [0.3, 0.4) is 0 Å². The second-order valence-corrected chi connectivity index (χ2v) is 10.2. The zero-order valence-electron chi connectivity index (χ0n) is 21.8. The summed E-state index contributed by atoms with van der Waals surface area (Å²) < 4.78 is 23.2. The van der Waals surface area contributed by atoms with Crippen molar-refractivity contribution < 1.29 is 9.13 Å². The second kappa shape index (κ2) is 10.7. The Kier molecular flexibility index (Phi) is 6.95. The van der Waals surface area contributed by atoms with E-state index < -0.39 is 5.82 Å². The lowest BCUT2D eigenvalue weighted by molar-refractivity contribution is 0.0732. The van der Waals surface area contributed by atoms with Crippen LogP contribution < -0.4 is 10.5 Å². The number of rotatable bonds is 6. The summed E-state index contributed by atoms with van der Waals surface area (Å²) in [5.41, 5.74) is 7.79. The van der Waals surface area contributed by atoms with Gasteiger partial charge in [0.05, 0.1) is 11.4 Å². The molecule has 3 heterocycles. The van der Waals surface area contributed by atoms with Gasteiger partial charge in [-0.1, -0.05) is 25.1 Å². The number of piperazine rings is 1. The lowest BCUT2D eigenvalue weighted by Gasteiger charge is -2.41. The molecule has 0 spiro atoms. The fraction of sp³-hybridized carbons (Fsp3) is 0.414. The molecule has 0 bridgehead atoms. The van der Waals surface area contributed by atoms with Crippen LogP contribution in [-0.2, 0) is 0 Å². The number of halogens is 1. The fourth-order valence-electron chi connectivity index (χ4n) is 5.93. The number of hydrogen-bond donors (Lipinski definition) is 1. The van der Waals surface area contributed by atoms with Crippen molar-refractivity contribution in [1.82, 2.24) is 29.5 Å². The first-order valence-corrected chi connectivity index (χ1v) is 13.6. The lowest BCUT2D eigenvalue weighted by atomic mass is 9.90. The molecule has 38 heavy (non-hydrogen) atoms. The second-order valence-electron chi connectivity index (χ2n) is 10.2. The third-order valence-electron chi connectivity index (χ3n) is 8.08. The van der Waals surface area contributed by atoms with Crippen molar-refractivity contribution in [2.75, 3.05) is 38.5 Å². The van der Waals surface area contributed by atoms with Crippen LogP contribution in [-0.4, -0.2) is 68.3 Å². The molecule has 198 valence electrons. The van der Waals surface area contributed by atoms with Crippen molar-refractivity contribution in [2.24, 2.45) is 0 Å². The molecule has 1 aliphatic heterocycles. The zero-order valence-corrected chi connectivity index (χ0v) is 21.8. The first kappa shape index (κ1) is 24.8. The topological polar surface area (TPSA) is 85.3 Å². The van der Waals surface area contributed by atoms with E-state index >= 15 is 4.39 Å². The van der Waals surface area contributed by atoms with Crippen LogP contribution in [0.15, 0.2) is 54.9 Å². The maximum atomic E-state index is 15.4. The van der Waals surface area contributed by atoms with E-state index in [1.165, 1.54) is 12.4 Å². The first-order valence-electron chi connectivity index (χ1n) is 13.6. The molecule has 6 rings (SSSR count). The Morgan fingerprint density at radius 3 is 2.37 bits per heavy atom. The summed E-state index contributed by atoms with van der Waals surface area (Å²) in [7, 11) is 0. The Hall–Kier alpha value is -3.56. The van der Waals surface area contributed by atoms with E-state index in [0.717, 1.165) is 58.4 Å². The Balaban J connectivity index is 1.24. The summed E-state index contributed by atoms with van der Waals surface area (Å²) in [5.74, 6) is 0.948. The Labute approximate surface area is 222 Å². The standard InChI is InChI=1S/C29H34FN7O/c1-2-35-14-16-36(17-15-35)20-8-10-21(11-9-20)37-29-26(28(31)32-19-33-29)27(34-37)24-13-12-23(18-25(24)30)38-22-6-4-3-5-7-22/h3-7,12-13,18-21H,2,8-11,14-17H2,1H3,(H2,31,32,33)/t20-,21-. The Morgan fingerprint density at radius 2 is 1.66 bits per heavy atom. The van der Waals surface area contributed by atoms with Crippen LogP contribution in [0.1, 0.15) is 38.6 Å². The molecule has 2 aliphatic rings. The highest BCUT2D eigenvalue weighted by Crippen LogP contribution is 2.38. The van der Waals surface area contributed by atoms with Crippen LogP contribution in [0.25, 0.3) is 22.3 Å². The number of anilines is 1. The summed E-state index contributed by atoms with van der Waals surface area (Å²) in [6, 6.07) is 15.0. The average molecular weight is 516 g/mol. The van der Waals surface area contributed by atoms with Gasteiger partial charge in [-0.2, -0.15) is 5.10 Å². The Morgan fingerprint density at radius 1 is 0.921 bits per heavy atom. The van der Waals surface area contributed by atoms with E-state index in [0.29, 0.717) is 45.6 Å². The maximum absolute atomic E-state index is 15.4. The van der Waals surface area contributed by atoms with E-state index in [2.05, 4.69) is 26.7 Å². The number of para-hydroxylation sites is 1. The normalized spacial score (nSPS) is 21.1. The number of ether oxygens (including phenoxy) is 1. The minimum absolute atomic E-state index is 0.192. The molecule has 9 heteroatoms. The molecule has 0 amide bonds. The molecule has 8 nitrogen and oxygen atoms in total. The number of nitrogens with two attached hydrogens (primary N) is 1. The molecular formula is C29H34FN7O. The van der Waals surface area contributed by atoms with E-state index in [9.17, 15) is 0 Å². The van der Waals surface area contributed by atoms with Gasteiger partial charge >= 0.3 is 0 Å². The summed E-state index contributed by atoms with van der Waals surface area (Å²) in [6.45, 7) is 7.96. The van der Waals surface area contributed by atoms with E-state index in [-0.39, 0.29) is 6.04 Å². The maximum Gasteiger partial charge on any atom is 0.164 e. The number of nitrogens with zero attached hydrogens (tertiary/aromatic N) is 6. The quantitative estimate of drug-likeness (QED) is 0.381. The van der Waals surface area contributed by atoms with E-state index in [1.54, 1.807) is 12.1 Å². The van der Waals surface area contributed by atoms with Crippen LogP contribution in [0.2, 0.25) is 0 Å². The number of benzene rings is 2. The predicted molar refractivity (Wildman–Crippen MR) is 147 cm³/mol. The zero-order chi connectivity index (χ0) is 26.1. The molecule has 2 N–H and O–H groups in total. The van der Waals surface area contributed by atoms with Gasteiger partial charge in [0.15, 0.2) is 5.65 Å². The van der Waals surface area contributed by atoms with Gasteiger partial charge < -0.3 is 15.4 Å². The largest absolute Gasteiger partial charge is 0.457 e. The highest BCUT2D eigenvalue weighted by Gasteiger charge is 2.31. The van der Waals surface area contributed by atoms with Gasteiger partial charge in [-0.05, 0) is 56.5 Å². The summed E-state index contributed by atoms with van der Waals surface area (Å²) >= 11 is 0. The van der Waals surface area contributed by atoms with Crippen molar-refractivity contribution in [1.29, 1.82) is 0 Å². The lowest BCUT2D eigenvalue weighted by Crippen LogP contribution is -2.51. The molecule has 1 aliphatic carbocycles. The van der Waals surface area contributed by atoms with Crippen molar-refractivity contribution in [2.45, 2.75) is 44.7 Å². The smallest absolute Gasteiger partial charge is 0.164 e. The van der Waals surface area contributed by atoms with Crippen LogP contribution in [0.5, 0.6) is 11.5 Å². The molecule has 0 atom stereocenters. The van der Waals surface area contributed by atoms with E-state index in [1.807, 2.05) is 35.0 Å². The van der Waals surface area contributed by atoms with Crippen molar-refractivity contribution in [3.63, 3.8) is 0 Å². The number of likely N-dealkylation sites (N-methyl/N-ethyl adjacent to an activating group) is 1. The number of hydrogen-bond acceptors (Lipinski definition) is 7.